The molecule has 104 valence electrons. The summed E-state index contributed by atoms with van der Waals surface area (Å²) in [5.41, 5.74) is 1.31. The van der Waals surface area contributed by atoms with Crippen molar-refractivity contribution in [1.82, 2.24) is 0 Å². The SMILES string of the molecule is CC(C)CN(c1ccccc1C(=O)O)C1CCCC1. The predicted molar refractivity (Wildman–Crippen MR) is 77.8 cm³/mol. The first-order valence-electron chi connectivity index (χ1n) is 7.18. The third-order valence-electron chi connectivity index (χ3n) is 3.77. The molecule has 1 aliphatic rings. The largest absolute Gasteiger partial charge is 0.478 e. The summed E-state index contributed by atoms with van der Waals surface area (Å²) in [6.07, 6.45) is 4.88. The molecule has 3 nitrogen and oxygen atoms in total. The fourth-order valence-corrected chi connectivity index (χ4v) is 2.96. The number of rotatable bonds is 5. The monoisotopic (exact) mass is 261 g/mol. The number of carboxylic acid groups (broad SMARTS) is 1. The van der Waals surface area contributed by atoms with Crippen molar-refractivity contribution < 1.29 is 9.90 Å². The Bertz CT molecular complexity index is 436. The molecule has 2 rings (SSSR count). The Morgan fingerprint density at radius 2 is 1.95 bits per heavy atom. The molecule has 1 N–H and O–H groups in total. The van der Waals surface area contributed by atoms with Gasteiger partial charge in [-0.1, -0.05) is 38.8 Å². The lowest BCUT2D eigenvalue weighted by Crippen LogP contribution is -2.37. The third-order valence-corrected chi connectivity index (χ3v) is 3.77. The van der Waals surface area contributed by atoms with E-state index in [1.54, 1.807) is 12.1 Å². The van der Waals surface area contributed by atoms with E-state index >= 15 is 0 Å². The molecule has 0 radical (unpaired) electrons. The Morgan fingerprint density at radius 1 is 1.32 bits per heavy atom. The summed E-state index contributed by atoms with van der Waals surface area (Å²) in [4.78, 5) is 13.7. The quantitative estimate of drug-likeness (QED) is 0.876. The van der Waals surface area contributed by atoms with Crippen molar-refractivity contribution in [3.05, 3.63) is 29.8 Å². The van der Waals surface area contributed by atoms with Gasteiger partial charge in [0, 0.05) is 12.6 Å². The van der Waals surface area contributed by atoms with Crippen molar-refractivity contribution in [2.24, 2.45) is 5.92 Å². The highest BCUT2D eigenvalue weighted by Gasteiger charge is 2.26. The highest BCUT2D eigenvalue weighted by atomic mass is 16.4. The smallest absolute Gasteiger partial charge is 0.337 e. The van der Waals surface area contributed by atoms with Gasteiger partial charge in [0.15, 0.2) is 0 Å². The van der Waals surface area contributed by atoms with Crippen LogP contribution in [0.1, 0.15) is 49.9 Å². The fourth-order valence-electron chi connectivity index (χ4n) is 2.96. The zero-order chi connectivity index (χ0) is 13.8. The summed E-state index contributed by atoms with van der Waals surface area (Å²) in [5, 5.41) is 9.36. The van der Waals surface area contributed by atoms with Crippen LogP contribution in [0, 0.1) is 5.92 Å². The molecule has 0 saturated heterocycles. The minimum absolute atomic E-state index is 0.426. The summed E-state index contributed by atoms with van der Waals surface area (Å²) in [5.74, 6) is -0.301. The van der Waals surface area contributed by atoms with Crippen LogP contribution in [0.25, 0.3) is 0 Å². The average Bonchev–Trinajstić information content (AvgIpc) is 2.89. The van der Waals surface area contributed by atoms with Crippen molar-refractivity contribution in [2.45, 2.75) is 45.6 Å². The predicted octanol–water partition coefficient (Wildman–Crippen LogP) is 3.79. The molecule has 0 bridgehead atoms. The van der Waals surface area contributed by atoms with Gasteiger partial charge in [-0.3, -0.25) is 0 Å². The molecule has 0 atom stereocenters. The maximum atomic E-state index is 11.4. The molecule has 1 aromatic rings. The maximum absolute atomic E-state index is 11.4. The number of hydrogen-bond acceptors (Lipinski definition) is 2. The van der Waals surface area contributed by atoms with Gasteiger partial charge in [0.05, 0.1) is 11.3 Å². The van der Waals surface area contributed by atoms with Gasteiger partial charge in [-0.15, -0.1) is 0 Å². The van der Waals surface area contributed by atoms with Gasteiger partial charge in [0.2, 0.25) is 0 Å². The molecule has 19 heavy (non-hydrogen) atoms. The van der Waals surface area contributed by atoms with E-state index in [1.165, 1.54) is 25.7 Å². The number of nitrogens with zero attached hydrogens (tertiary/aromatic N) is 1. The average molecular weight is 261 g/mol. The molecule has 0 unspecified atom stereocenters. The molecule has 0 amide bonds. The Balaban J connectivity index is 2.34. The van der Waals surface area contributed by atoms with Gasteiger partial charge < -0.3 is 10.0 Å². The second kappa shape index (κ2) is 6.09. The number of carboxylic acids is 1. The van der Waals surface area contributed by atoms with E-state index in [0.717, 1.165) is 12.2 Å². The van der Waals surface area contributed by atoms with Crippen molar-refractivity contribution in [2.75, 3.05) is 11.4 Å². The number of benzene rings is 1. The number of hydrogen-bond donors (Lipinski definition) is 1. The Kier molecular flexibility index (Phi) is 4.46. The minimum Gasteiger partial charge on any atom is -0.478 e. The Morgan fingerprint density at radius 3 is 2.53 bits per heavy atom. The molecule has 0 heterocycles. The van der Waals surface area contributed by atoms with Crippen LogP contribution >= 0.6 is 0 Å². The molecule has 0 aliphatic heterocycles. The molecule has 0 spiro atoms. The zero-order valence-electron chi connectivity index (χ0n) is 11.8. The highest BCUT2D eigenvalue weighted by molar-refractivity contribution is 5.94. The second-order valence-electron chi connectivity index (χ2n) is 5.81. The van der Waals surface area contributed by atoms with Gasteiger partial charge in [0.25, 0.3) is 0 Å². The van der Waals surface area contributed by atoms with Crippen LogP contribution < -0.4 is 4.90 Å². The Labute approximate surface area is 115 Å². The summed E-state index contributed by atoms with van der Waals surface area (Å²) in [6, 6.07) is 7.89. The molecule has 0 aromatic heterocycles. The normalized spacial score (nSPS) is 15.9. The second-order valence-corrected chi connectivity index (χ2v) is 5.81. The van der Waals surface area contributed by atoms with Crippen LogP contribution in [0.5, 0.6) is 0 Å². The summed E-state index contributed by atoms with van der Waals surface area (Å²) < 4.78 is 0. The van der Waals surface area contributed by atoms with Gasteiger partial charge >= 0.3 is 5.97 Å². The lowest BCUT2D eigenvalue weighted by Gasteiger charge is -2.33. The third kappa shape index (κ3) is 3.28. The van der Waals surface area contributed by atoms with Crippen molar-refractivity contribution in [1.29, 1.82) is 0 Å². The van der Waals surface area contributed by atoms with Gasteiger partial charge in [0.1, 0.15) is 0 Å². The van der Waals surface area contributed by atoms with E-state index in [2.05, 4.69) is 18.7 Å². The molecule has 1 aliphatic carbocycles. The topological polar surface area (TPSA) is 40.5 Å². The molecular weight excluding hydrogens is 238 g/mol. The highest BCUT2D eigenvalue weighted by Crippen LogP contribution is 2.31. The first-order valence-corrected chi connectivity index (χ1v) is 7.18. The van der Waals surface area contributed by atoms with Crippen molar-refractivity contribution in [3.8, 4) is 0 Å². The lowest BCUT2D eigenvalue weighted by molar-refractivity contribution is 0.0697. The van der Waals surface area contributed by atoms with Crippen LogP contribution in [0.3, 0.4) is 0 Å². The molecule has 3 heteroatoms. The standard InChI is InChI=1S/C16H23NO2/c1-12(2)11-17(13-7-3-4-8-13)15-10-6-5-9-14(15)16(18)19/h5-6,9-10,12-13H,3-4,7-8,11H2,1-2H3,(H,18,19). The van der Waals surface area contributed by atoms with Crippen LogP contribution in [0.2, 0.25) is 0 Å². The van der Waals surface area contributed by atoms with Gasteiger partial charge in [-0.05, 0) is 30.9 Å². The van der Waals surface area contributed by atoms with E-state index < -0.39 is 5.97 Å². The van der Waals surface area contributed by atoms with Crippen LogP contribution in [-0.2, 0) is 0 Å². The number of para-hydroxylation sites is 1. The zero-order valence-corrected chi connectivity index (χ0v) is 11.8. The number of anilines is 1. The van der Waals surface area contributed by atoms with Crippen LogP contribution in [-0.4, -0.2) is 23.7 Å². The first-order chi connectivity index (χ1) is 9.09. The van der Waals surface area contributed by atoms with E-state index in [1.807, 2.05) is 12.1 Å². The van der Waals surface area contributed by atoms with Crippen LogP contribution in [0.4, 0.5) is 5.69 Å². The molecule has 1 saturated carbocycles. The summed E-state index contributed by atoms with van der Waals surface area (Å²) in [7, 11) is 0. The van der Waals surface area contributed by atoms with Crippen molar-refractivity contribution in [3.63, 3.8) is 0 Å². The van der Waals surface area contributed by atoms with Gasteiger partial charge in [-0.25, -0.2) is 4.79 Å². The number of carbonyl (C=O) groups is 1. The number of aromatic carboxylic acids is 1. The lowest BCUT2D eigenvalue weighted by atomic mass is 10.1. The van der Waals surface area contributed by atoms with Crippen LogP contribution in [0.15, 0.2) is 24.3 Å². The minimum atomic E-state index is -0.831. The van der Waals surface area contributed by atoms with E-state index in [9.17, 15) is 9.90 Å². The summed E-state index contributed by atoms with van der Waals surface area (Å²) >= 11 is 0. The fraction of sp³-hybridized carbons (Fsp3) is 0.562. The van der Waals surface area contributed by atoms with Gasteiger partial charge in [-0.2, -0.15) is 0 Å². The molecule has 1 aromatic carbocycles. The molecular formula is C16H23NO2. The van der Waals surface area contributed by atoms with E-state index in [4.69, 9.17) is 0 Å². The van der Waals surface area contributed by atoms with E-state index in [0.29, 0.717) is 17.5 Å². The maximum Gasteiger partial charge on any atom is 0.337 e. The van der Waals surface area contributed by atoms with E-state index in [-0.39, 0.29) is 0 Å². The molecule has 1 fully saturated rings. The Hall–Kier alpha value is -1.51. The van der Waals surface area contributed by atoms with Crippen molar-refractivity contribution >= 4 is 11.7 Å². The first kappa shape index (κ1) is 13.9. The summed E-state index contributed by atoms with van der Waals surface area (Å²) in [6.45, 7) is 5.30.